The van der Waals surface area contributed by atoms with E-state index in [0.29, 0.717) is 5.69 Å². The van der Waals surface area contributed by atoms with Gasteiger partial charge in [-0.15, -0.1) is 0 Å². The Morgan fingerprint density at radius 1 is 1.42 bits per heavy atom. The maximum atomic E-state index is 13.2. The van der Waals surface area contributed by atoms with Gasteiger partial charge in [0.2, 0.25) is 0 Å². The highest BCUT2D eigenvalue weighted by Crippen LogP contribution is 2.40. The molecule has 0 unspecified atom stereocenters. The quantitative estimate of drug-likeness (QED) is 0.861. The third-order valence-electron chi connectivity index (χ3n) is 3.27. The highest BCUT2D eigenvalue weighted by molar-refractivity contribution is 8.15. The second kappa shape index (κ2) is 4.36. The molecule has 2 aliphatic heterocycles. The molecule has 2 atom stereocenters. The average molecular weight is 321 g/mol. The largest absolute Gasteiger partial charge is 0.316 e. The minimum absolute atomic E-state index is 0.0281. The van der Waals surface area contributed by atoms with Gasteiger partial charge in [-0.1, -0.05) is 23.4 Å². The molecule has 1 aromatic carbocycles. The number of amidine groups is 1. The fourth-order valence-corrected chi connectivity index (χ4v) is 6.41. The molecule has 0 amide bonds. The van der Waals surface area contributed by atoms with E-state index in [2.05, 4.69) is 0 Å². The predicted molar refractivity (Wildman–Crippen MR) is 75.4 cm³/mol. The summed E-state index contributed by atoms with van der Waals surface area (Å²) in [7, 11) is -3.05. The first-order chi connectivity index (χ1) is 8.87. The average Bonchev–Trinajstić information content (AvgIpc) is 2.73. The Kier molecular flexibility index (Phi) is 3.03. The summed E-state index contributed by atoms with van der Waals surface area (Å²) in [6, 6.07) is 3.92. The zero-order valence-corrected chi connectivity index (χ0v) is 12.0. The summed E-state index contributed by atoms with van der Waals surface area (Å²) in [5, 5.41) is 8.09. The van der Waals surface area contributed by atoms with Gasteiger partial charge in [0, 0.05) is 10.9 Å². The summed E-state index contributed by atoms with van der Waals surface area (Å²) >= 11 is 6.99. The maximum Gasteiger partial charge on any atom is 0.161 e. The number of hydrogen-bond acceptors (Lipinski definition) is 4. The van der Waals surface area contributed by atoms with E-state index < -0.39 is 15.7 Å². The van der Waals surface area contributed by atoms with Crippen molar-refractivity contribution in [2.24, 2.45) is 0 Å². The van der Waals surface area contributed by atoms with Gasteiger partial charge in [-0.05, 0) is 18.2 Å². The van der Waals surface area contributed by atoms with Crippen LogP contribution in [-0.4, -0.2) is 36.4 Å². The minimum Gasteiger partial charge on any atom is -0.316 e. The van der Waals surface area contributed by atoms with Crippen LogP contribution in [0.4, 0.5) is 10.1 Å². The highest BCUT2D eigenvalue weighted by atomic mass is 35.5. The Labute approximate surface area is 119 Å². The van der Waals surface area contributed by atoms with Gasteiger partial charge in [0.25, 0.3) is 0 Å². The zero-order chi connectivity index (χ0) is 13.8. The van der Waals surface area contributed by atoms with Crippen LogP contribution >= 0.6 is 23.4 Å². The SMILES string of the molecule is N=C1S[C@@H]2CS(=O)(=O)C[C@@H]2N1c1ccc(F)c(Cl)c1. The molecular weight excluding hydrogens is 311 g/mol. The van der Waals surface area contributed by atoms with Crippen molar-refractivity contribution in [1.82, 2.24) is 0 Å². The van der Waals surface area contributed by atoms with Gasteiger partial charge in [0.15, 0.2) is 15.0 Å². The number of sulfone groups is 1. The van der Waals surface area contributed by atoms with Crippen LogP contribution in [0.2, 0.25) is 5.02 Å². The molecule has 0 saturated carbocycles. The Hall–Kier alpha value is -0.790. The predicted octanol–water partition coefficient (Wildman–Crippen LogP) is 2.13. The molecule has 4 nitrogen and oxygen atoms in total. The fourth-order valence-electron chi connectivity index (χ4n) is 2.44. The van der Waals surface area contributed by atoms with E-state index in [9.17, 15) is 12.8 Å². The molecule has 8 heteroatoms. The first kappa shape index (κ1) is 13.2. The lowest BCUT2D eigenvalue weighted by atomic mass is 10.2. The third-order valence-corrected chi connectivity index (χ3v) is 6.69. The molecule has 0 radical (unpaired) electrons. The van der Waals surface area contributed by atoms with Crippen molar-refractivity contribution in [2.75, 3.05) is 16.4 Å². The van der Waals surface area contributed by atoms with Gasteiger partial charge in [0.1, 0.15) is 5.82 Å². The Bertz CT molecular complexity index is 665. The Balaban J connectivity index is 1.99. The van der Waals surface area contributed by atoms with Crippen LogP contribution in [0, 0.1) is 11.2 Å². The van der Waals surface area contributed by atoms with Crippen LogP contribution in [-0.2, 0) is 9.84 Å². The van der Waals surface area contributed by atoms with Crippen molar-refractivity contribution >= 4 is 44.1 Å². The maximum absolute atomic E-state index is 13.2. The number of thioether (sulfide) groups is 1. The molecule has 0 bridgehead atoms. The molecule has 0 aromatic heterocycles. The Morgan fingerprint density at radius 3 is 2.84 bits per heavy atom. The van der Waals surface area contributed by atoms with Gasteiger partial charge in [-0.25, -0.2) is 12.8 Å². The van der Waals surface area contributed by atoms with E-state index in [1.807, 2.05) is 0 Å². The zero-order valence-electron chi connectivity index (χ0n) is 9.64. The van der Waals surface area contributed by atoms with Gasteiger partial charge < -0.3 is 4.90 Å². The van der Waals surface area contributed by atoms with Crippen molar-refractivity contribution in [2.45, 2.75) is 11.3 Å². The number of nitrogens with zero attached hydrogens (tertiary/aromatic N) is 1. The van der Waals surface area contributed by atoms with Crippen molar-refractivity contribution in [3.05, 3.63) is 29.0 Å². The van der Waals surface area contributed by atoms with Crippen LogP contribution in [0.25, 0.3) is 0 Å². The normalized spacial score (nSPS) is 28.7. The molecule has 19 heavy (non-hydrogen) atoms. The summed E-state index contributed by atoms with van der Waals surface area (Å²) in [6.07, 6.45) is 0. The molecule has 2 heterocycles. The lowest BCUT2D eigenvalue weighted by molar-refractivity contribution is 0.601. The molecule has 0 spiro atoms. The van der Waals surface area contributed by atoms with E-state index in [1.54, 1.807) is 4.90 Å². The standard InChI is InChI=1S/C11H10ClFN2O2S2/c12-7-3-6(1-2-8(7)13)15-9-4-19(16,17)5-10(9)18-11(15)14/h1-3,9-10,14H,4-5H2/t9-,10+/m0/s1. The number of fused-ring (bicyclic) bond motifs is 1. The topological polar surface area (TPSA) is 61.2 Å². The number of rotatable bonds is 1. The van der Waals surface area contributed by atoms with E-state index >= 15 is 0 Å². The molecule has 1 aromatic rings. The van der Waals surface area contributed by atoms with Crippen LogP contribution in [0.1, 0.15) is 0 Å². The van der Waals surface area contributed by atoms with Gasteiger partial charge in [-0.2, -0.15) is 0 Å². The number of anilines is 1. The van der Waals surface area contributed by atoms with E-state index in [0.717, 1.165) is 0 Å². The molecule has 2 saturated heterocycles. The number of nitrogens with one attached hydrogen (secondary N) is 1. The minimum atomic E-state index is -3.05. The third kappa shape index (κ3) is 2.23. The van der Waals surface area contributed by atoms with Crippen molar-refractivity contribution < 1.29 is 12.8 Å². The second-order valence-corrected chi connectivity index (χ2v) is 8.36. The van der Waals surface area contributed by atoms with E-state index in [-0.39, 0.29) is 33.0 Å². The molecule has 2 fully saturated rings. The van der Waals surface area contributed by atoms with Crippen LogP contribution in [0.3, 0.4) is 0 Å². The molecule has 0 aliphatic carbocycles. The van der Waals surface area contributed by atoms with Gasteiger partial charge in [-0.3, -0.25) is 5.41 Å². The fraction of sp³-hybridized carbons (Fsp3) is 0.364. The molecule has 102 valence electrons. The second-order valence-electron chi connectivity index (χ2n) is 4.57. The number of halogens is 2. The first-order valence-electron chi connectivity index (χ1n) is 5.57. The number of hydrogen-bond donors (Lipinski definition) is 1. The molecule has 2 aliphatic rings. The summed E-state index contributed by atoms with van der Waals surface area (Å²) in [4.78, 5) is 1.63. The van der Waals surface area contributed by atoms with Gasteiger partial charge in [0.05, 0.1) is 22.6 Å². The van der Waals surface area contributed by atoms with Crippen LogP contribution in [0.15, 0.2) is 18.2 Å². The molecule has 3 rings (SSSR count). The monoisotopic (exact) mass is 320 g/mol. The molecular formula is C11H10ClFN2O2S2. The lowest BCUT2D eigenvalue weighted by Crippen LogP contribution is -2.37. The van der Waals surface area contributed by atoms with Gasteiger partial charge >= 0.3 is 0 Å². The first-order valence-corrected chi connectivity index (χ1v) is 8.65. The summed E-state index contributed by atoms with van der Waals surface area (Å²) < 4.78 is 36.5. The van der Waals surface area contributed by atoms with Crippen molar-refractivity contribution in [1.29, 1.82) is 5.41 Å². The van der Waals surface area contributed by atoms with E-state index in [1.165, 1.54) is 30.0 Å². The van der Waals surface area contributed by atoms with Crippen molar-refractivity contribution in [3.63, 3.8) is 0 Å². The smallest absolute Gasteiger partial charge is 0.161 e. The molecule has 1 N–H and O–H groups in total. The summed E-state index contributed by atoms with van der Waals surface area (Å²) in [5.41, 5.74) is 0.563. The highest BCUT2D eigenvalue weighted by Gasteiger charge is 2.48. The lowest BCUT2D eigenvalue weighted by Gasteiger charge is -2.24. The van der Waals surface area contributed by atoms with Crippen LogP contribution in [0.5, 0.6) is 0 Å². The number of benzene rings is 1. The van der Waals surface area contributed by atoms with Crippen LogP contribution < -0.4 is 4.90 Å². The van der Waals surface area contributed by atoms with Crippen molar-refractivity contribution in [3.8, 4) is 0 Å². The van der Waals surface area contributed by atoms with E-state index in [4.69, 9.17) is 17.0 Å². The summed E-state index contributed by atoms with van der Waals surface area (Å²) in [5.74, 6) is -0.405. The summed E-state index contributed by atoms with van der Waals surface area (Å²) in [6.45, 7) is 0. The Morgan fingerprint density at radius 2 is 2.16 bits per heavy atom.